The summed E-state index contributed by atoms with van der Waals surface area (Å²) in [5.74, 6) is -0.856. The Morgan fingerprint density at radius 2 is 2.24 bits per heavy atom. The van der Waals surface area contributed by atoms with E-state index in [1.165, 1.54) is 13.2 Å². The van der Waals surface area contributed by atoms with Gasteiger partial charge in [0, 0.05) is 5.56 Å². The average Bonchev–Trinajstić information content (AvgIpc) is 2.35. The van der Waals surface area contributed by atoms with E-state index in [-0.39, 0.29) is 24.7 Å². The zero-order chi connectivity index (χ0) is 12.8. The molecule has 0 spiro atoms. The van der Waals surface area contributed by atoms with Gasteiger partial charge in [-0.1, -0.05) is 6.92 Å². The van der Waals surface area contributed by atoms with Crippen molar-refractivity contribution in [1.82, 2.24) is 0 Å². The highest BCUT2D eigenvalue weighted by atomic mass is 16.5. The summed E-state index contributed by atoms with van der Waals surface area (Å²) < 4.78 is 14.3. The standard InChI is InChI=1S/C11H14O6/c1-3-7-6-8(10(13)15-2)17-11(14)9(7)16-5-4-12/h6,12H,3-5H2,1-2H3. The van der Waals surface area contributed by atoms with Gasteiger partial charge in [0.15, 0.2) is 0 Å². The molecule has 0 bridgehead atoms. The molecule has 17 heavy (non-hydrogen) atoms. The molecule has 0 aromatic carbocycles. The molecule has 0 unspecified atom stereocenters. The molecule has 0 saturated heterocycles. The molecule has 0 atom stereocenters. The van der Waals surface area contributed by atoms with Crippen molar-refractivity contribution in [2.24, 2.45) is 0 Å². The highest BCUT2D eigenvalue weighted by Crippen LogP contribution is 2.16. The molecule has 94 valence electrons. The van der Waals surface area contributed by atoms with E-state index in [9.17, 15) is 9.59 Å². The van der Waals surface area contributed by atoms with Gasteiger partial charge in [0.25, 0.3) is 0 Å². The van der Waals surface area contributed by atoms with Crippen molar-refractivity contribution in [2.45, 2.75) is 13.3 Å². The van der Waals surface area contributed by atoms with E-state index >= 15 is 0 Å². The van der Waals surface area contributed by atoms with Gasteiger partial charge in [-0.15, -0.1) is 0 Å². The number of rotatable bonds is 5. The quantitative estimate of drug-likeness (QED) is 0.750. The van der Waals surface area contributed by atoms with Crippen molar-refractivity contribution in [1.29, 1.82) is 0 Å². The second-order valence-corrected chi connectivity index (χ2v) is 3.17. The lowest BCUT2D eigenvalue weighted by Crippen LogP contribution is -2.15. The van der Waals surface area contributed by atoms with Crippen LogP contribution in [0, 0.1) is 0 Å². The summed E-state index contributed by atoms with van der Waals surface area (Å²) in [5.41, 5.74) is -0.215. The van der Waals surface area contributed by atoms with Crippen LogP contribution in [-0.4, -0.2) is 31.4 Å². The molecule has 1 rings (SSSR count). The highest BCUT2D eigenvalue weighted by Gasteiger charge is 2.16. The lowest BCUT2D eigenvalue weighted by atomic mass is 10.2. The Kier molecular flexibility index (Phi) is 4.71. The number of aliphatic hydroxyl groups excluding tert-OH is 1. The second kappa shape index (κ2) is 6.05. The molecule has 0 aliphatic rings. The first kappa shape index (κ1) is 13.2. The molecule has 1 aromatic rings. The molecule has 0 radical (unpaired) electrons. The molecular weight excluding hydrogens is 228 g/mol. The maximum Gasteiger partial charge on any atom is 0.379 e. The van der Waals surface area contributed by atoms with Gasteiger partial charge in [-0.05, 0) is 12.5 Å². The molecule has 0 amide bonds. The fourth-order valence-corrected chi connectivity index (χ4v) is 1.29. The third kappa shape index (κ3) is 3.07. The topological polar surface area (TPSA) is 86.0 Å². The van der Waals surface area contributed by atoms with Crippen molar-refractivity contribution in [3.8, 4) is 5.75 Å². The van der Waals surface area contributed by atoms with E-state index in [0.29, 0.717) is 12.0 Å². The minimum atomic E-state index is -0.752. The van der Waals surface area contributed by atoms with Crippen LogP contribution in [-0.2, 0) is 11.2 Å². The number of aryl methyl sites for hydroxylation is 1. The predicted octanol–water partition coefficient (Wildman–Crippen LogP) is 0.360. The summed E-state index contributed by atoms with van der Waals surface area (Å²) in [6.45, 7) is 1.60. The molecule has 0 saturated carbocycles. The molecule has 1 aromatic heterocycles. The Bertz CT molecular complexity index is 448. The fourth-order valence-electron chi connectivity index (χ4n) is 1.29. The summed E-state index contributed by atoms with van der Waals surface area (Å²) in [5, 5.41) is 8.63. The van der Waals surface area contributed by atoms with Crippen LogP contribution in [0.5, 0.6) is 5.75 Å². The lowest BCUT2D eigenvalue weighted by molar-refractivity contribution is 0.0557. The SMILES string of the molecule is CCc1cc(C(=O)OC)oc(=O)c1OCCO. The van der Waals surface area contributed by atoms with Gasteiger partial charge in [0.05, 0.1) is 13.7 Å². The highest BCUT2D eigenvalue weighted by molar-refractivity contribution is 5.86. The minimum Gasteiger partial charge on any atom is -0.484 e. The van der Waals surface area contributed by atoms with E-state index in [2.05, 4.69) is 4.74 Å². The number of methoxy groups -OCH3 is 1. The third-order valence-electron chi connectivity index (χ3n) is 2.09. The van der Waals surface area contributed by atoms with E-state index in [1.807, 2.05) is 6.92 Å². The molecular formula is C11H14O6. The van der Waals surface area contributed by atoms with Gasteiger partial charge in [0.1, 0.15) is 6.61 Å². The zero-order valence-corrected chi connectivity index (χ0v) is 9.69. The fraction of sp³-hybridized carbons (Fsp3) is 0.455. The van der Waals surface area contributed by atoms with Crippen molar-refractivity contribution < 1.29 is 23.8 Å². The zero-order valence-electron chi connectivity index (χ0n) is 9.69. The third-order valence-corrected chi connectivity index (χ3v) is 2.09. The number of hydrogen-bond donors (Lipinski definition) is 1. The number of hydrogen-bond acceptors (Lipinski definition) is 6. The Morgan fingerprint density at radius 1 is 1.53 bits per heavy atom. The Balaban J connectivity index is 3.16. The molecule has 1 heterocycles. The maximum atomic E-state index is 11.6. The van der Waals surface area contributed by atoms with Crippen LogP contribution in [0.2, 0.25) is 0 Å². The van der Waals surface area contributed by atoms with Crippen LogP contribution in [0.25, 0.3) is 0 Å². The number of ether oxygens (including phenoxy) is 2. The minimum absolute atomic E-state index is 0.00463. The van der Waals surface area contributed by atoms with Gasteiger partial charge < -0.3 is 19.0 Å². The largest absolute Gasteiger partial charge is 0.484 e. The van der Waals surface area contributed by atoms with E-state index in [1.54, 1.807) is 0 Å². The summed E-state index contributed by atoms with van der Waals surface area (Å²) in [7, 11) is 1.20. The van der Waals surface area contributed by atoms with Gasteiger partial charge in [-0.25, -0.2) is 9.59 Å². The second-order valence-electron chi connectivity index (χ2n) is 3.17. The number of carbonyl (C=O) groups excluding carboxylic acids is 1. The molecule has 6 heteroatoms. The van der Waals surface area contributed by atoms with Gasteiger partial charge in [-0.3, -0.25) is 0 Å². The Hall–Kier alpha value is -1.82. The normalized spacial score (nSPS) is 10.1. The van der Waals surface area contributed by atoms with Crippen LogP contribution in [0.15, 0.2) is 15.3 Å². The monoisotopic (exact) mass is 242 g/mol. The number of esters is 1. The average molecular weight is 242 g/mol. The smallest absolute Gasteiger partial charge is 0.379 e. The Labute approximate surface area is 97.8 Å². The molecule has 0 aliphatic carbocycles. The van der Waals surface area contributed by atoms with Gasteiger partial charge >= 0.3 is 11.6 Å². The first-order valence-electron chi connectivity index (χ1n) is 5.13. The molecule has 0 fully saturated rings. The molecule has 0 aliphatic heterocycles. The van der Waals surface area contributed by atoms with Crippen LogP contribution in [0.3, 0.4) is 0 Å². The van der Waals surface area contributed by atoms with Crippen LogP contribution in [0.4, 0.5) is 0 Å². The number of aliphatic hydroxyl groups is 1. The van der Waals surface area contributed by atoms with Crippen molar-refractivity contribution in [2.75, 3.05) is 20.3 Å². The van der Waals surface area contributed by atoms with Gasteiger partial charge in [-0.2, -0.15) is 0 Å². The van der Waals surface area contributed by atoms with E-state index < -0.39 is 11.6 Å². The summed E-state index contributed by atoms with van der Waals surface area (Å²) in [6.07, 6.45) is 0.496. The van der Waals surface area contributed by atoms with Crippen LogP contribution < -0.4 is 10.4 Å². The van der Waals surface area contributed by atoms with Crippen molar-refractivity contribution in [3.05, 3.63) is 27.8 Å². The Morgan fingerprint density at radius 3 is 2.76 bits per heavy atom. The van der Waals surface area contributed by atoms with E-state index in [0.717, 1.165) is 0 Å². The summed E-state index contributed by atoms with van der Waals surface area (Å²) in [4.78, 5) is 22.8. The van der Waals surface area contributed by atoms with Crippen LogP contribution in [0.1, 0.15) is 23.0 Å². The van der Waals surface area contributed by atoms with Crippen molar-refractivity contribution in [3.63, 3.8) is 0 Å². The predicted molar refractivity (Wildman–Crippen MR) is 58.3 cm³/mol. The van der Waals surface area contributed by atoms with Gasteiger partial charge in [0.2, 0.25) is 11.5 Å². The molecule has 1 N–H and O–H groups in total. The summed E-state index contributed by atoms with van der Waals surface area (Å²) >= 11 is 0. The van der Waals surface area contributed by atoms with Crippen LogP contribution >= 0.6 is 0 Å². The lowest BCUT2D eigenvalue weighted by Gasteiger charge is -2.08. The molecule has 6 nitrogen and oxygen atoms in total. The van der Waals surface area contributed by atoms with Crippen molar-refractivity contribution >= 4 is 5.97 Å². The number of carbonyl (C=O) groups is 1. The summed E-state index contributed by atoms with van der Waals surface area (Å²) in [6, 6.07) is 1.40. The first-order chi connectivity index (χ1) is 8.13. The van der Waals surface area contributed by atoms with E-state index in [4.69, 9.17) is 14.3 Å². The maximum absolute atomic E-state index is 11.6. The first-order valence-corrected chi connectivity index (χ1v) is 5.13.